The minimum absolute atomic E-state index is 0.147. The third-order valence-electron chi connectivity index (χ3n) is 20.1. The molecule has 0 spiro atoms. The molecule has 3 aromatic heterocycles. The first-order valence-electron chi connectivity index (χ1n) is 40.1. The van der Waals surface area contributed by atoms with Crippen molar-refractivity contribution in [1.82, 2.24) is 14.1 Å². The van der Waals surface area contributed by atoms with Crippen molar-refractivity contribution in [2.24, 2.45) is 0 Å². The maximum atomic E-state index is 10.6. The molecule has 0 saturated carbocycles. The van der Waals surface area contributed by atoms with Crippen LogP contribution in [0.25, 0.3) is 128 Å². The molecule has 14 aromatic rings. The smallest absolute Gasteiger partial charge is 0.269 e. The first kappa shape index (κ1) is 48.4. The SMILES string of the molecule is [2H]c1c([2H])c([2H])c(-c2c([2H])c(-c3cc4c5c(c3)n(-c3cccc(Oc6ccc7c8ccccc8n(-c8cc(C(C)(C)C)ccn8)c7c6)c3)[c-][n+]5-c3c(-c5ccc(C(C)(C)C)cc5)cc(C(C)(C)C)cc3-c3cc5c(cc3-c3ccccc3-4)C(C)(C)CCC5(C)C)c([2H])c(-c3c([2H])c([2H])c([2H])c([2H])c3[2H])c2[2H])c([2H])c1[2H]. The van der Waals surface area contributed by atoms with Crippen LogP contribution in [0.4, 0.5) is 0 Å². The predicted molar refractivity (Wildman–Crippen MR) is 405 cm³/mol. The number of pyridine rings is 1. The van der Waals surface area contributed by atoms with Gasteiger partial charge in [0.05, 0.1) is 51.3 Å². The summed E-state index contributed by atoms with van der Waals surface area (Å²) in [5.41, 5.74) is 14.1. The zero-order valence-electron chi connectivity index (χ0n) is 70.3. The first-order chi connectivity index (χ1) is 51.9. The van der Waals surface area contributed by atoms with Crippen LogP contribution < -0.4 is 9.30 Å². The van der Waals surface area contributed by atoms with Crippen LogP contribution in [-0.4, -0.2) is 14.1 Å². The number of imidazole rings is 1. The number of hydrogen-bond acceptors (Lipinski definition) is 2. The molecule has 0 radical (unpaired) electrons. The van der Waals surface area contributed by atoms with Gasteiger partial charge in [0.2, 0.25) is 0 Å². The Hall–Kier alpha value is -10.4. The van der Waals surface area contributed by atoms with Gasteiger partial charge in [0.1, 0.15) is 17.3 Å². The van der Waals surface area contributed by atoms with Crippen molar-refractivity contribution in [2.75, 3.05) is 0 Å². The molecule has 11 aromatic carbocycles. The van der Waals surface area contributed by atoms with Crippen LogP contribution in [-0.2, 0) is 27.1 Å². The van der Waals surface area contributed by atoms with Crippen molar-refractivity contribution in [1.29, 1.82) is 0 Å². The lowest BCUT2D eigenvalue weighted by atomic mass is 9.62. The van der Waals surface area contributed by atoms with E-state index in [0.29, 0.717) is 33.8 Å². The minimum atomic E-state index is -0.744. The lowest BCUT2D eigenvalue weighted by Gasteiger charge is -2.42. The van der Waals surface area contributed by atoms with Gasteiger partial charge in [-0.2, -0.15) is 0 Å². The van der Waals surface area contributed by atoms with E-state index in [1.807, 2.05) is 83.6 Å². The van der Waals surface area contributed by atoms with Crippen LogP contribution in [0.1, 0.15) is 148 Å². The Morgan fingerprint density at radius 1 is 0.433 bits per heavy atom. The standard InChI is InChI=1S/C92H84N4O/c1-88(2,3)65-37-35-60(36-38-65)75-50-67(90(7,8)9)51-79-77-56-81-80(91(10,11)42-43-92(81,12)13)55-76(77)71-31-20-21-32-72(71)78-48-64(63-46-61(58-25-16-14-17-26-58)45-62(47-63)59-27-18-15-19-28-59)49-84-87(78)95(86(75)79)57-94(84)68-29-24-30-69(53-68)97-70-39-40-74-73-33-22-23-34-82(73)96(83(74)54-70)85-52-66(41-44-93-85)89(4,5)6/h14-41,44-56H,42-43H2,1-13H3/i14D,15D,16D,17D,18D,19D,25D,26D,27D,28D,45D,46D,47D. The molecule has 0 unspecified atom stereocenters. The van der Waals surface area contributed by atoms with Crippen LogP contribution in [0.15, 0.2) is 249 Å². The highest BCUT2D eigenvalue weighted by molar-refractivity contribution is 6.10. The molecule has 0 bridgehead atoms. The molecule has 0 saturated heterocycles. The van der Waals surface area contributed by atoms with Gasteiger partial charge in [-0.05, 0) is 224 Å². The third kappa shape index (κ3) is 10.8. The summed E-state index contributed by atoms with van der Waals surface area (Å²) >= 11 is 0. The minimum Gasteiger partial charge on any atom is -0.458 e. The van der Waals surface area contributed by atoms with E-state index in [9.17, 15) is 9.60 Å². The summed E-state index contributed by atoms with van der Waals surface area (Å²) in [5.74, 6) is 1.79. The van der Waals surface area contributed by atoms with Crippen LogP contribution >= 0.6 is 0 Å². The summed E-state index contributed by atoms with van der Waals surface area (Å²) in [6.07, 6.45) is 7.78. The van der Waals surface area contributed by atoms with Gasteiger partial charge in [0.15, 0.2) is 0 Å². The van der Waals surface area contributed by atoms with E-state index in [2.05, 4.69) is 196 Å². The average Bonchev–Trinajstić information content (AvgIpc) is 1.03. The molecule has 16 rings (SSSR count). The number of hydrogen-bond donors (Lipinski definition) is 0. The van der Waals surface area contributed by atoms with Crippen molar-refractivity contribution in [3.05, 3.63) is 283 Å². The summed E-state index contributed by atoms with van der Waals surface area (Å²) in [5, 5.41) is 2.07. The van der Waals surface area contributed by atoms with Gasteiger partial charge in [0, 0.05) is 23.0 Å². The second kappa shape index (κ2) is 22.6. The van der Waals surface area contributed by atoms with Gasteiger partial charge in [-0.1, -0.05) is 247 Å². The number of rotatable bonds is 8. The molecule has 2 aliphatic rings. The lowest BCUT2D eigenvalue weighted by Crippen LogP contribution is -2.34. The average molecular weight is 1270 g/mol. The summed E-state index contributed by atoms with van der Waals surface area (Å²) in [6, 6.07) is 47.4. The van der Waals surface area contributed by atoms with Crippen LogP contribution in [0.3, 0.4) is 0 Å². The topological polar surface area (TPSA) is 35.9 Å². The molecule has 97 heavy (non-hydrogen) atoms. The van der Waals surface area contributed by atoms with Gasteiger partial charge in [-0.15, -0.1) is 0 Å². The van der Waals surface area contributed by atoms with Crippen LogP contribution in [0.2, 0.25) is 0 Å². The highest BCUT2D eigenvalue weighted by atomic mass is 16.5. The third-order valence-corrected chi connectivity index (χ3v) is 20.1. The van der Waals surface area contributed by atoms with Gasteiger partial charge in [-0.3, -0.25) is 13.7 Å². The monoisotopic (exact) mass is 1270 g/mol. The van der Waals surface area contributed by atoms with E-state index in [1.165, 1.54) is 11.1 Å². The molecule has 0 atom stereocenters. The number of fused-ring (bicyclic) bond motifs is 11. The Morgan fingerprint density at radius 3 is 1.64 bits per heavy atom. The molecule has 0 fully saturated rings. The van der Waals surface area contributed by atoms with E-state index in [4.69, 9.17) is 17.9 Å². The van der Waals surface area contributed by atoms with Gasteiger partial charge < -0.3 is 4.74 Å². The number of para-hydroxylation sites is 1. The summed E-state index contributed by atoms with van der Waals surface area (Å²) in [4.78, 5) is 4.95. The Morgan fingerprint density at radius 2 is 1.00 bits per heavy atom. The zero-order chi connectivity index (χ0) is 78.4. The molecule has 1 aliphatic heterocycles. The Balaban J connectivity index is 1.06. The van der Waals surface area contributed by atoms with Crippen molar-refractivity contribution in [2.45, 2.75) is 130 Å². The Labute approximate surface area is 590 Å². The van der Waals surface area contributed by atoms with Crippen LogP contribution in [0, 0.1) is 6.33 Å². The van der Waals surface area contributed by atoms with Gasteiger partial charge in [0.25, 0.3) is 6.33 Å². The maximum Gasteiger partial charge on any atom is 0.269 e. The normalized spacial score (nSPS) is 16.0. The molecular formula is C92H84N4O. The molecule has 1 aliphatic carbocycles. The number of benzene rings is 11. The molecule has 5 nitrogen and oxygen atoms in total. The highest BCUT2D eigenvalue weighted by Gasteiger charge is 2.40. The summed E-state index contributed by atoms with van der Waals surface area (Å²) < 4.78 is 136. The molecule has 4 heterocycles. The summed E-state index contributed by atoms with van der Waals surface area (Å²) in [7, 11) is 0. The summed E-state index contributed by atoms with van der Waals surface area (Å²) in [6.45, 7) is 29.3. The molecule has 0 amide bonds. The number of aromatic nitrogens is 4. The highest BCUT2D eigenvalue weighted by Crippen LogP contribution is 2.54. The number of nitrogens with zero attached hydrogens (tertiary/aromatic N) is 4. The van der Waals surface area contributed by atoms with E-state index < -0.39 is 101 Å². The Bertz CT molecular complexity index is 6150. The lowest BCUT2D eigenvalue weighted by molar-refractivity contribution is -0.570. The Kier molecular flexibility index (Phi) is 11.3. The van der Waals surface area contributed by atoms with Gasteiger partial charge >= 0.3 is 0 Å². The largest absolute Gasteiger partial charge is 0.458 e. The van der Waals surface area contributed by atoms with E-state index in [1.54, 1.807) is 0 Å². The predicted octanol–water partition coefficient (Wildman–Crippen LogP) is 24.2. The van der Waals surface area contributed by atoms with E-state index in [0.717, 1.165) is 102 Å². The van der Waals surface area contributed by atoms with E-state index in [-0.39, 0.29) is 38.2 Å². The van der Waals surface area contributed by atoms with Crippen molar-refractivity contribution >= 4 is 32.8 Å². The fraction of sp³-hybridized carbons (Fsp3) is 0.217. The number of ether oxygens (including phenoxy) is 1. The quantitative estimate of drug-likeness (QED) is 0.112. The molecule has 5 heteroatoms. The van der Waals surface area contributed by atoms with Crippen molar-refractivity contribution in [3.8, 4) is 107 Å². The van der Waals surface area contributed by atoms with Crippen molar-refractivity contribution < 1.29 is 27.1 Å². The van der Waals surface area contributed by atoms with Gasteiger partial charge in [-0.25, -0.2) is 4.98 Å². The first-order valence-corrected chi connectivity index (χ1v) is 33.6. The van der Waals surface area contributed by atoms with Crippen molar-refractivity contribution in [3.63, 3.8) is 0 Å². The second-order valence-corrected chi connectivity index (χ2v) is 30.7. The molecule has 0 N–H and O–H groups in total. The fourth-order valence-electron chi connectivity index (χ4n) is 14.5. The van der Waals surface area contributed by atoms with E-state index >= 15 is 0 Å². The second-order valence-electron chi connectivity index (χ2n) is 30.7. The zero-order valence-corrected chi connectivity index (χ0v) is 57.3. The molecule has 478 valence electrons. The van der Waals surface area contributed by atoms with Crippen LogP contribution in [0.5, 0.6) is 11.5 Å². The molecular weight excluding hydrogens is 1180 g/mol. The fourth-order valence-corrected chi connectivity index (χ4v) is 14.5. The maximum absolute atomic E-state index is 10.6.